The van der Waals surface area contributed by atoms with E-state index >= 15 is 0 Å². The fraction of sp³-hybridized carbons (Fsp3) is 0.320. The van der Waals surface area contributed by atoms with Gasteiger partial charge in [0.15, 0.2) is 0 Å². The van der Waals surface area contributed by atoms with E-state index in [2.05, 4.69) is 15.4 Å². The van der Waals surface area contributed by atoms with Crippen LogP contribution < -0.4 is 10.1 Å². The van der Waals surface area contributed by atoms with Crippen LogP contribution in [0.25, 0.3) is 15.3 Å². The smallest absolute Gasteiger partial charge is 0.256 e. The molecular formula is C25H27N5O4S2. The number of hydrogen-bond acceptors (Lipinski definition) is 7. The van der Waals surface area contributed by atoms with E-state index in [0.717, 1.165) is 40.9 Å². The molecular weight excluding hydrogens is 498 g/mol. The topological polar surface area (TPSA) is 106 Å². The van der Waals surface area contributed by atoms with Gasteiger partial charge in [-0.05, 0) is 69.2 Å². The molecule has 1 amide bonds. The highest BCUT2D eigenvalue weighted by molar-refractivity contribution is 7.89. The minimum absolute atomic E-state index is 0.0288. The van der Waals surface area contributed by atoms with Gasteiger partial charge in [-0.15, -0.1) is 0 Å². The first-order valence-corrected chi connectivity index (χ1v) is 14.0. The summed E-state index contributed by atoms with van der Waals surface area (Å²) in [7, 11) is -1.98. The van der Waals surface area contributed by atoms with E-state index in [1.807, 2.05) is 32.0 Å². The standard InChI is InChI=1S/C25H27N5O4S2/c1-16-14-23(30(28-16)25-26-21-12-9-19(34-3)15-22(21)35-25)27-24(31)18-7-10-20(11-8-18)36(32,33)29-13-5-4-6-17(29)2/h7-12,14-15,17H,4-6,13H2,1-3H3,(H,27,31). The van der Waals surface area contributed by atoms with Crippen molar-refractivity contribution in [2.24, 2.45) is 0 Å². The number of aromatic nitrogens is 3. The Labute approximate surface area is 213 Å². The highest BCUT2D eigenvalue weighted by atomic mass is 32.2. The molecule has 2 aromatic carbocycles. The average Bonchev–Trinajstić information content (AvgIpc) is 3.46. The molecule has 188 valence electrons. The minimum atomic E-state index is -3.60. The van der Waals surface area contributed by atoms with Crippen LogP contribution in [-0.4, -0.2) is 53.1 Å². The highest BCUT2D eigenvalue weighted by Gasteiger charge is 2.31. The quantitative estimate of drug-likeness (QED) is 0.394. The van der Waals surface area contributed by atoms with Crippen LogP contribution >= 0.6 is 11.3 Å². The van der Waals surface area contributed by atoms with Gasteiger partial charge in [0.25, 0.3) is 5.91 Å². The van der Waals surface area contributed by atoms with Gasteiger partial charge in [-0.2, -0.15) is 14.1 Å². The highest BCUT2D eigenvalue weighted by Crippen LogP contribution is 2.30. The van der Waals surface area contributed by atoms with Crippen molar-refractivity contribution in [2.75, 3.05) is 19.0 Å². The summed E-state index contributed by atoms with van der Waals surface area (Å²) in [6, 6.07) is 13.4. The molecule has 0 radical (unpaired) electrons. The molecule has 1 aliphatic rings. The number of piperidine rings is 1. The number of methoxy groups -OCH3 is 1. The van der Waals surface area contributed by atoms with Crippen molar-refractivity contribution in [3.05, 3.63) is 59.8 Å². The molecule has 1 unspecified atom stereocenters. The van der Waals surface area contributed by atoms with E-state index in [0.29, 0.717) is 23.1 Å². The zero-order valence-electron chi connectivity index (χ0n) is 20.3. The Balaban J connectivity index is 1.37. The van der Waals surface area contributed by atoms with Crippen molar-refractivity contribution in [2.45, 2.75) is 44.0 Å². The largest absolute Gasteiger partial charge is 0.497 e. The van der Waals surface area contributed by atoms with Gasteiger partial charge in [0.05, 0.1) is 27.9 Å². The lowest BCUT2D eigenvalue weighted by molar-refractivity contribution is 0.102. The lowest BCUT2D eigenvalue weighted by Gasteiger charge is -2.32. The van der Waals surface area contributed by atoms with Gasteiger partial charge in [-0.25, -0.2) is 13.4 Å². The number of nitrogens with one attached hydrogen (secondary N) is 1. The summed E-state index contributed by atoms with van der Waals surface area (Å²) in [6.07, 6.45) is 2.75. The third-order valence-electron chi connectivity index (χ3n) is 6.30. The zero-order valence-corrected chi connectivity index (χ0v) is 21.9. The van der Waals surface area contributed by atoms with Crippen LogP contribution in [0.5, 0.6) is 5.75 Å². The molecule has 2 aromatic heterocycles. The molecule has 1 N–H and O–H groups in total. The van der Waals surface area contributed by atoms with E-state index in [1.54, 1.807) is 22.2 Å². The maximum Gasteiger partial charge on any atom is 0.256 e. The van der Waals surface area contributed by atoms with Gasteiger partial charge in [0.1, 0.15) is 11.6 Å². The zero-order chi connectivity index (χ0) is 25.4. The summed E-state index contributed by atoms with van der Waals surface area (Å²) < 4.78 is 35.6. The number of amides is 1. The predicted molar refractivity (Wildman–Crippen MR) is 140 cm³/mol. The molecule has 11 heteroatoms. The van der Waals surface area contributed by atoms with Gasteiger partial charge >= 0.3 is 0 Å². The predicted octanol–water partition coefficient (Wildman–Crippen LogP) is 4.61. The number of ether oxygens (including phenoxy) is 1. The summed E-state index contributed by atoms with van der Waals surface area (Å²) in [5, 5.41) is 8.00. The van der Waals surface area contributed by atoms with E-state index < -0.39 is 10.0 Å². The molecule has 0 aliphatic carbocycles. The van der Waals surface area contributed by atoms with Crippen LogP contribution in [0.3, 0.4) is 0 Å². The number of rotatable bonds is 6. The van der Waals surface area contributed by atoms with E-state index in [1.165, 1.54) is 35.6 Å². The number of thiazole rings is 1. The summed E-state index contributed by atoms with van der Waals surface area (Å²) in [4.78, 5) is 17.9. The van der Waals surface area contributed by atoms with Gasteiger partial charge < -0.3 is 10.1 Å². The molecule has 5 rings (SSSR count). The monoisotopic (exact) mass is 525 g/mol. The number of hydrogen-bond donors (Lipinski definition) is 1. The summed E-state index contributed by atoms with van der Waals surface area (Å²) in [6.45, 7) is 4.29. The molecule has 3 heterocycles. The van der Waals surface area contributed by atoms with Crippen molar-refractivity contribution in [1.29, 1.82) is 0 Å². The van der Waals surface area contributed by atoms with Gasteiger partial charge in [-0.3, -0.25) is 4.79 Å². The fourth-order valence-electron chi connectivity index (χ4n) is 4.38. The number of nitrogens with zero attached hydrogens (tertiary/aromatic N) is 4. The van der Waals surface area contributed by atoms with Gasteiger partial charge in [-0.1, -0.05) is 17.8 Å². The Morgan fingerprint density at radius 2 is 1.92 bits per heavy atom. The Morgan fingerprint density at radius 3 is 2.64 bits per heavy atom. The number of carbonyl (C=O) groups excluding carboxylic acids is 1. The summed E-state index contributed by atoms with van der Waals surface area (Å²) in [5.74, 6) is 0.847. The number of fused-ring (bicyclic) bond motifs is 1. The third kappa shape index (κ3) is 4.61. The van der Waals surface area contributed by atoms with Crippen LogP contribution in [0.15, 0.2) is 53.4 Å². The van der Waals surface area contributed by atoms with E-state index in [4.69, 9.17) is 4.74 Å². The van der Waals surface area contributed by atoms with Crippen molar-refractivity contribution < 1.29 is 17.9 Å². The summed E-state index contributed by atoms with van der Waals surface area (Å²) >= 11 is 1.44. The average molecular weight is 526 g/mol. The lowest BCUT2D eigenvalue weighted by Crippen LogP contribution is -2.41. The second-order valence-corrected chi connectivity index (χ2v) is 11.8. The first-order valence-electron chi connectivity index (χ1n) is 11.7. The minimum Gasteiger partial charge on any atom is -0.497 e. The van der Waals surface area contributed by atoms with Crippen molar-refractivity contribution in [3.8, 4) is 10.9 Å². The Kier molecular flexibility index (Phi) is 6.54. The molecule has 0 spiro atoms. The summed E-state index contributed by atoms with van der Waals surface area (Å²) in [5.41, 5.74) is 1.88. The third-order valence-corrected chi connectivity index (χ3v) is 9.33. The second kappa shape index (κ2) is 9.64. The Hall–Kier alpha value is -3.28. The maximum absolute atomic E-state index is 13.1. The second-order valence-electron chi connectivity index (χ2n) is 8.85. The van der Waals surface area contributed by atoms with Crippen molar-refractivity contribution >= 4 is 43.3 Å². The van der Waals surface area contributed by atoms with Crippen LogP contribution in [0.1, 0.15) is 42.2 Å². The first kappa shape index (κ1) is 24.4. The van der Waals surface area contributed by atoms with E-state index in [9.17, 15) is 13.2 Å². The first-order chi connectivity index (χ1) is 17.3. The Bertz CT molecular complexity index is 1530. The number of sulfonamides is 1. The van der Waals surface area contributed by atoms with Crippen LogP contribution in [0.4, 0.5) is 5.82 Å². The van der Waals surface area contributed by atoms with Crippen molar-refractivity contribution in [3.63, 3.8) is 0 Å². The van der Waals surface area contributed by atoms with E-state index in [-0.39, 0.29) is 16.8 Å². The number of benzene rings is 2. The molecule has 4 aromatic rings. The maximum atomic E-state index is 13.1. The van der Waals surface area contributed by atoms with Crippen molar-refractivity contribution in [1.82, 2.24) is 19.1 Å². The lowest BCUT2D eigenvalue weighted by atomic mass is 10.1. The van der Waals surface area contributed by atoms with Crippen LogP contribution in [-0.2, 0) is 10.0 Å². The number of aryl methyl sites for hydroxylation is 1. The van der Waals surface area contributed by atoms with Gasteiger partial charge in [0, 0.05) is 24.2 Å². The SMILES string of the molecule is COc1ccc2nc(-n3nc(C)cc3NC(=O)c3ccc(S(=O)(=O)N4CCCCC4C)cc3)sc2c1. The molecule has 1 aliphatic heterocycles. The molecule has 1 atom stereocenters. The fourth-order valence-corrected chi connectivity index (χ4v) is 7.03. The molecule has 36 heavy (non-hydrogen) atoms. The van der Waals surface area contributed by atoms with Crippen LogP contribution in [0.2, 0.25) is 0 Å². The normalized spacial score (nSPS) is 16.8. The molecule has 0 saturated carbocycles. The molecule has 1 fully saturated rings. The number of anilines is 1. The van der Waals surface area contributed by atoms with Gasteiger partial charge in [0.2, 0.25) is 15.2 Å². The number of carbonyl (C=O) groups is 1. The Morgan fingerprint density at radius 1 is 1.14 bits per heavy atom. The van der Waals surface area contributed by atoms with Crippen LogP contribution in [0, 0.1) is 6.92 Å². The molecule has 0 bridgehead atoms. The molecule has 9 nitrogen and oxygen atoms in total. The molecule has 1 saturated heterocycles.